The molecule has 1 saturated carbocycles. The zero-order valence-corrected chi connectivity index (χ0v) is 10.1. The summed E-state index contributed by atoms with van der Waals surface area (Å²) in [6.07, 6.45) is 2.67. The molecular weight excluding hydrogens is 228 g/mol. The Kier molecular flexibility index (Phi) is 2.67. The predicted molar refractivity (Wildman–Crippen MR) is 67.7 cm³/mol. The summed E-state index contributed by atoms with van der Waals surface area (Å²) in [7, 11) is 0. The molecule has 1 heterocycles. The van der Waals surface area contributed by atoms with E-state index < -0.39 is 0 Å². The topological polar surface area (TPSA) is 63.4 Å². The Morgan fingerprint density at radius 2 is 1.72 bits per heavy atom. The van der Waals surface area contributed by atoms with E-state index >= 15 is 0 Å². The third-order valence-electron chi connectivity index (χ3n) is 4.04. The van der Waals surface area contributed by atoms with Crippen LogP contribution in [-0.4, -0.2) is 11.8 Å². The number of nitrogens with zero attached hydrogens (tertiary/aromatic N) is 1. The molecule has 2 atom stereocenters. The van der Waals surface area contributed by atoms with Gasteiger partial charge in [0.15, 0.2) is 0 Å². The Morgan fingerprint density at radius 3 is 2.33 bits per heavy atom. The van der Waals surface area contributed by atoms with Crippen LogP contribution < -0.4 is 10.6 Å². The van der Waals surface area contributed by atoms with E-state index in [1.54, 1.807) is 6.07 Å². The van der Waals surface area contributed by atoms with Crippen LogP contribution in [0.3, 0.4) is 0 Å². The molecule has 2 aliphatic rings. The fourth-order valence-electron chi connectivity index (χ4n) is 3.13. The summed E-state index contributed by atoms with van der Waals surface area (Å²) in [5.74, 6) is -0.265. The third-order valence-corrected chi connectivity index (χ3v) is 4.04. The van der Waals surface area contributed by atoms with Gasteiger partial charge in [-0.1, -0.05) is 24.6 Å². The minimum atomic E-state index is -0.0941. The zero-order valence-electron chi connectivity index (χ0n) is 10.1. The van der Waals surface area contributed by atoms with Crippen LogP contribution in [0.4, 0.5) is 5.69 Å². The lowest BCUT2D eigenvalue weighted by atomic mass is 10.00. The number of rotatable bonds is 2. The molecule has 4 nitrogen and oxygen atoms in total. The van der Waals surface area contributed by atoms with Crippen molar-refractivity contribution in [2.24, 2.45) is 17.6 Å². The first-order chi connectivity index (χ1) is 8.74. The third kappa shape index (κ3) is 1.49. The van der Waals surface area contributed by atoms with Gasteiger partial charge in [-0.3, -0.25) is 9.59 Å². The number of para-hydroxylation sites is 1. The Bertz CT molecular complexity index is 490. The number of fused-ring (bicyclic) bond motifs is 1. The first-order valence-corrected chi connectivity index (χ1v) is 6.40. The van der Waals surface area contributed by atoms with E-state index in [0.29, 0.717) is 12.2 Å². The van der Waals surface area contributed by atoms with Crippen molar-refractivity contribution in [3.05, 3.63) is 29.8 Å². The van der Waals surface area contributed by atoms with E-state index in [2.05, 4.69) is 0 Å². The van der Waals surface area contributed by atoms with Gasteiger partial charge in [0.2, 0.25) is 11.8 Å². The van der Waals surface area contributed by atoms with Crippen molar-refractivity contribution < 1.29 is 9.59 Å². The van der Waals surface area contributed by atoms with Gasteiger partial charge in [0.05, 0.1) is 17.5 Å². The van der Waals surface area contributed by atoms with Gasteiger partial charge in [-0.05, 0) is 24.5 Å². The van der Waals surface area contributed by atoms with Crippen LogP contribution in [0.15, 0.2) is 24.3 Å². The number of hydrogen-bond donors (Lipinski definition) is 1. The van der Waals surface area contributed by atoms with Crippen LogP contribution in [0.1, 0.15) is 24.8 Å². The SMILES string of the molecule is NCc1ccccc1N1C(=O)C2CCCC2C1=O. The van der Waals surface area contributed by atoms with E-state index in [-0.39, 0.29) is 23.7 Å². The highest BCUT2D eigenvalue weighted by molar-refractivity contribution is 6.22. The van der Waals surface area contributed by atoms with Crippen molar-refractivity contribution in [1.82, 2.24) is 0 Å². The molecule has 2 amide bonds. The van der Waals surface area contributed by atoms with E-state index in [1.165, 1.54) is 4.90 Å². The number of carbonyl (C=O) groups excluding carboxylic acids is 2. The van der Waals surface area contributed by atoms with Gasteiger partial charge in [0.1, 0.15) is 0 Å². The highest BCUT2D eigenvalue weighted by atomic mass is 16.2. The molecule has 1 aliphatic carbocycles. The highest BCUT2D eigenvalue weighted by Gasteiger charge is 2.50. The van der Waals surface area contributed by atoms with Gasteiger partial charge in [0, 0.05) is 6.54 Å². The number of imide groups is 1. The Morgan fingerprint density at radius 1 is 1.11 bits per heavy atom. The van der Waals surface area contributed by atoms with Gasteiger partial charge in [-0.2, -0.15) is 0 Å². The summed E-state index contributed by atoms with van der Waals surface area (Å²) in [4.78, 5) is 26.0. The second kappa shape index (κ2) is 4.21. The molecule has 4 heteroatoms. The summed E-state index contributed by atoms with van der Waals surface area (Å²) in [6.45, 7) is 0.336. The number of hydrogen-bond acceptors (Lipinski definition) is 3. The van der Waals surface area contributed by atoms with Gasteiger partial charge in [-0.15, -0.1) is 0 Å². The lowest BCUT2D eigenvalue weighted by molar-refractivity contribution is -0.122. The average Bonchev–Trinajstić information content (AvgIpc) is 2.95. The van der Waals surface area contributed by atoms with E-state index in [4.69, 9.17) is 5.73 Å². The Hall–Kier alpha value is -1.68. The van der Waals surface area contributed by atoms with Crippen LogP contribution in [-0.2, 0) is 16.1 Å². The van der Waals surface area contributed by atoms with Crippen LogP contribution in [0.2, 0.25) is 0 Å². The maximum atomic E-state index is 12.3. The molecule has 2 N–H and O–H groups in total. The quantitative estimate of drug-likeness (QED) is 0.800. The molecule has 18 heavy (non-hydrogen) atoms. The summed E-state index contributed by atoms with van der Waals surface area (Å²) < 4.78 is 0. The maximum Gasteiger partial charge on any atom is 0.237 e. The lowest BCUT2D eigenvalue weighted by Gasteiger charge is -2.18. The summed E-state index contributed by atoms with van der Waals surface area (Å²) >= 11 is 0. The molecule has 94 valence electrons. The molecule has 1 aliphatic heterocycles. The minimum Gasteiger partial charge on any atom is -0.326 e. The standard InChI is InChI=1S/C14H16N2O2/c15-8-9-4-1-2-7-12(9)16-13(17)10-5-3-6-11(10)14(16)18/h1-2,4,7,10-11H,3,5-6,8,15H2. The van der Waals surface area contributed by atoms with Crippen molar-refractivity contribution >= 4 is 17.5 Å². The normalized spacial score (nSPS) is 26.8. The second-order valence-electron chi connectivity index (χ2n) is 4.99. The number of carbonyl (C=O) groups is 2. The fraction of sp³-hybridized carbons (Fsp3) is 0.429. The van der Waals surface area contributed by atoms with Gasteiger partial charge >= 0.3 is 0 Å². The molecule has 1 aromatic rings. The lowest BCUT2D eigenvalue weighted by Crippen LogP contribution is -2.32. The van der Waals surface area contributed by atoms with Crippen molar-refractivity contribution in [2.75, 3.05) is 4.90 Å². The predicted octanol–water partition coefficient (Wildman–Crippen LogP) is 1.43. The second-order valence-corrected chi connectivity index (χ2v) is 4.99. The van der Waals surface area contributed by atoms with Gasteiger partial charge < -0.3 is 5.73 Å². The van der Waals surface area contributed by atoms with Crippen LogP contribution in [0, 0.1) is 11.8 Å². The van der Waals surface area contributed by atoms with Gasteiger partial charge in [-0.25, -0.2) is 4.90 Å². The average molecular weight is 244 g/mol. The Labute approximate surface area is 106 Å². The molecule has 3 rings (SSSR count). The van der Waals surface area contributed by atoms with Crippen molar-refractivity contribution in [1.29, 1.82) is 0 Å². The summed E-state index contributed by atoms with van der Waals surface area (Å²) in [5, 5.41) is 0. The zero-order chi connectivity index (χ0) is 12.7. The Balaban J connectivity index is 2.02. The minimum absolute atomic E-state index is 0.0385. The van der Waals surface area contributed by atoms with Gasteiger partial charge in [0.25, 0.3) is 0 Å². The van der Waals surface area contributed by atoms with Crippen LogP contribution in [0.5, 0.6) is 0 Å². The molecule has 0 radical (unpaired) electrons. The van der Waals surface area contributed by atoms with Crippen molar-refractivity contribution in [3.63, 3.8) is 0 Å². The van der Waals surface area contributed by atoms with E-state index in [0.717, 1.165) is 24.8 Å². The summed E-state index contributed by atoms with van der Waals surface area (Å²) in [6, 6.07) is 7.38. The van der Waals surface area contributed by atoms with Crippen LogP contribution in [0.25, 0.3) is 0 Å². The molecule has 0 spiro atoms. The first kappa shape index (κ1) is 11.4. The van der Waals surface area contributed by atoms with Crippen molar-refractivity contribution in [2.45, 2.75) is 25.8 Å². The molecular formula is C14H16N2O2. The van der Waals surface area contributed by atoms with E-state index in [1.807, 2.05) is 18.2 Å². The largest absolute Gasteiger partial charge is 0.326 e. The molecule has 1 aromatic carbocycles. The number of anilines is 1. The number of benzene rings is 1. The molecule has 2 unspecified atom stereocenters. The highest BCUT2D eigenvalue weighted by Crippen LogP contribution is 2.42. The maximum absolute atomic E-state index is 12.3. The monoisotopic (exact) mass is 244 g/mol. The molecule has 1 saturated heterocycles. The molecule has 0 bridgehead atoms. The summed E-state index contributed by atoms with van der Waals surface area (Å²) in [5.41, 5.74) is 7.19. The smallest absolute Gasteiger partial charge is 0.237 e. The fourth-order valence-corrected chi connectivity index (χ4v) is 3.13. The molecule has 2 fully saturated rings. The number of nitrogens with two attached hydrogens (primary N) is 1. The van der Waals surface area contributed by atoms with Crippen molar-refractivity contribution in [3.8, 4) is 0 Å². The first-order valence-electron chi connectivity index (χ1n) is 6.40. The van der Waals surface area contributed by atoms with Crippen LogP contribution >= 0.6 is 0 Å². The molecule has 0 aromatic heterocycles. The van der Waals surface area contributed by atoms with E-state index in [9.17, 15) is 9.59 Å². The number of amides is 2.